The lowest BCUT2D eigenvalue weighted by Gasteiger charge is -2.39. The van der Waals surface area contributed by atoms with Crippen molar-refractivity contribution < 1.29 is 13.2 Å². The fourth-order valence-corrected chi connectivity index (χ4v) is 6.37. The minimum atomic E-state index is -3.62. The van der Waals surface area contributed by atoms with E-state index < -0.39 is 10.0 Å². The van der Waals surface area contributed by atoms with Gasteiger partial charge in [-0.25, -0.2) is 8.42 Å². The number of hydrogen-bond acceptors (Lipinski definition) is 3. The largest absolute Gasteiger partial charge is 0.338 e. The molecule has 2 aliphatic heterocycles. The van der Waals surface area contributed by atoms with Gasteiger partial charge in [0, 0.05) is 19.6 Å². The minimum absolute atomic E-state index is 0.0415. The first-order valence-corrected chi connectivity index (χ1v) is 10.7. The van der Waals surface area contributed by atoms with Crippen LogP contribution in [0.1, 0.15) is 32.1 Å². The Labute approximate surface area is 150 Å². The van der Waals surface area contributed by atoms with Gasteiger partial charge in [-0.15, -0.1) is 0 Å². The van der Waals surface area contributed by atoms with E-state index in [1.54, 1.807) is 30.3 Å². The molecule has 2 atom stereocenters. The average Bonchev–Trinajstić information content (AvgIpc) is 2.79. The Balaban J connectivity index is 1.48. The standard InChI is InChI=1S/C19H26N2O3S/c1-20(25(23,24)18-5-3-2-4-6-18)13-19(22)21-12-16-8-14-7-15(9-16)11-17(21)10-14/h2-6,14-17H,7-13H2,1H3. The van der Waals surface area contributed by atoms with Gasteiger partial charge in [0.25, 0.3) is 0 Å². The molecule has 136 valence electrons. The molecular formula is C19H26N2O3S. The summed E-state index contributed by atoms with van der Waals surface area (Å²) in [5.41, 5.74) is 0. The molecule has 0 N–H and O–H groups in total. The van der Waals surface area contributed by atoms with Crippen molar-refractivity contribution >= 4 is 15.9 Å². The average molecular weight is 362 g/mol. The van der Waals surface area contributed by atoms with Gasteiger partial charge in [0.2, 0.25) is 15.9 Å². The van der Waals surface area contributed by atoms with E-state index in [9.17, 15) is 13.2 Å². The highest BCUT2D eigenvalue weighted by atomic mass is 32.2. The molecule has 4 fully saturated rings. The van der Waals surface area contributed by atoms with Gasteiger partial charge in [-0.2, -0.15) is 4.31 Å². The highest BCUT2D eigenvalue weighted by Crippen LogP contribution is 2.47. The van der Waals surface area contributed by atoms with Crippen molar-refractivity contribution in [1.29, 1.82) is 0 Å². The number of fused-ring (bicyclic) bond motifs is 1. The van der Waals surface area contributed by atoms with Gasteiger partial charge in [0.05, 0.1) is 11.4 Å². The third-order valence-corrected chi connectivity index (χ3v) is 8.05. The zero-order valence-electron chi connectivity index (χ0n) is 14.7. The van der Waals surface area contributed by atoms with E-state index in [-0.39, 0.29) is 17.3 Å². The van der Waals surface area contributed by atoms with E-state index in [1.165, 1.54) is 30.6 Å². The van der Waals surface area contributed by atoms with Crippen LogP contribution in [-0.2, 0) is 14.8 Å². The molecule has 4 bridgehead atoms. The van der Waals surface area contributed by atoms with Crippen LogP contribution < -0.4 is 0 Å². The normalized spacial score (nSPS) is 31.4. The molecule has 2 saturated heterocycles. The molecule has 6 heteroatoms. The number of amides is 1. The maximum atomic E-state index is 12.9. The van der Waals surface area contributed by atoms with Crippen LogP contribution in [0, 0.1) is 17.8 Å². The molecular weight excluding hydrogens is 336 g/mol. The molecule has 1 aromatic carbocycles. The van der Waals surface area contributed by atoms with Crippen LogP contribution in [0.5, 0.6) is 0 Å². The van der Waals surface area contributed by atoms with Crippen LogP contribution >= 0.6 is 0 Å². The number of likely N-dealkylation sites (N-methyl/N-ethyl adjacent to an activating group) is 1. The zero-order valence-corrected chi connectivity index (χ0v) is 15.5. The molecule has 4 aliphatic rings. The van der Waals surface area contributed by atoms with Crippen LogP contribution in [0.25, 0.3) is 0 Å². The molecule has 2 unspecified atom stereocenters. The van der Waals surface area contributed by atoms with Crippen molar-refractivity contribution in [2.75, 3.05) is 20.1 Å². The molecule has 1 amide bonds. The molecule has 2 aliphatic carbocycles. The van der Waals surface area contributed by atoms with Gasteiger partial charge in [0.1, 0.15) is 0 Å². The van der Waals surface area contributed by atoms with E-state index in [0.29, 0.717) is 12.0 Å². The summed E-state index contributed by atoms with van der Waals surface area (Å²) in [4.78, 5) is 15.2. The first-order valence-electron chi connectivity index (χ1n) is 9.24. The third kappa shape index (κ3) is 3.22. The zero-order chi connectivity index (χ0) is 17.6. The topological polar surface area (TPSA) is 57.7 Å². The van der Waals surface area contributed by atoms with Gasteiger partial charge in [0.15, 0.2) is 0 Å². The van der Waals surface area contributed by atoms with Crippen molar-refractivity contribution in [1.82, 2.24) is 9.21 Å². The van der Waals surface area contributed by atoms with Crippen LogP contribution in [0.15, 0.2) is 35.2 Å². The molecule has 5 nitrogen and oxygen atoms in total. The number of carbonyl (C=O) groups excluding carboxylic acids is 1. The first kappa shape index (κ1) is 17.0. The second-order valence-corrected chi connectivity index (χ2v) is 10.1. The summed E-state index contributed by atoms with van der Waals surface area (Å²) in [5.74, 6) is 2.11. The van der Waals surface area contributed by atoms with Crippen molar-refractivity contribution in [2.45, 2.75) is 43.0 Å². The van der Waals surface area contributed by atoms with E-state index >= 15 is 0 Å². The van der Waals surface area contributed by atoms with Crippen molar-refractivity contribution in [3.8, 4) is 0 Å². The van der Waals surface area contributed by atoms with E-state index in [2.05, 4.69) is 0 Å². The Morgan fingerprint density at radius 1 is 1.04 bits per heavy atom. The third-order valence-electron chi connectivity index (χ3n) is 6.24. The molecule has 0 aromatic heterocycles. The SMILES string of the molecule is CN(CC(=O)N1CC2CC3CC(C2)CC1C3)S(=O)(=O)c1ccccc1. The molecule has 0 spiro atoms. The quantitative estimate of drug-likeness (QED) is 0.826. The molecule has 2 heterocycles. The number of benzene rings is 1. The van der Waals surface area contributed by atoms with E-state index in [1.807, 2.05) is 4.90 Å². The molecule has 2 saturated carbocycles. The van der Waals surface area contributed by atoms with Gasteiger partial charge in [-0.3, -0.25) is 4.79 Å². The van der Waals surface area contributed by atoms with Gasteiger partial charge < -0.3 is 4.90 Å². The monoisotopic (exact) mass is 362 g/mol. The lowest BCUT2D eigenvalue weighted by atomic mass is 9.68. The highest BCUT2D eigenvalue weighted by Gasteiger charge is 2.44. The van der Waals surface area contributed by atoms with Crippen molar-refractivity contribution in [3.05, 3.63) is 30.3 Å². The first-order chi connectivity index (χ1) is 11.9. The van der Waals surface area contributed by atoms with Crippen LogP contribution in [0.4, 0.5) is 0 Å². The smallest absolute Gasteiger partial charge is 0.243 e. The lowest BCUT2D eigenvalue weighted by Crippen LogP contribution is -2.47. The fraction of sp³-hybridized carbons (Fsp3) is 0.632. The predicted molar refractivity (Wildman–Crippen MR) is 95.3 cm³/mol. The Bertz CT molecular complexity index is 735. The van der Waals surface area contributed by atoms with Crippen molar-refractivity contribution in [3.63, 3.8) is 0 Å². The maximum Gasteiger partial charge on any atom is 0.243 e. The summed E-state index contributed by atoms with van der Waals surface area (Å²) in [7, 11) is -2.12. The maximum absolute atomic E-state index is 12.9. The highest BCUT2D eigenvalue weighted by molar-refractivity contribution is 7.89. The fourth-order valence-electron chi connectivity index (χ4n) is 5.23. The summed E-state index contributed by atoms with van der Waals surface area (Å²) >= 11 is 0. The Hall–Kier alpha value is -1.40. The van der Waals surface area contributed by atoms with E-state index in [4.69, 9.17) is 0 Å². The molecule has 25 heavy (non-hydrogen) atoms. The Morgan fingerprint density at radius 2 is 1.64 bits per heavy atom. The summed E-state index contributed by atoms with van der Waals surface area (Å²) in [6, 6.07) is 8.65. The summed E-state index contributed by atoms with van der Waals surface area (Å²) < 4.78 is 26.5. The van der Waals surface area contributed by atoms with Crippen LogP contribution in [0.2, 0.25) is 0 Å². The number of hydrogen-bond donors (Lipinski definition) is 0. The van der Waals surface area contributed by atoms with E-state index in [0.717, 1.165) is 31.2 Å². The number of carbonyl (C=O) groups is 1. The number of nitrogens with zero attached hydrogens (tertiary/aromatic N) is 2. The lowest BCUT2D eigenvalue weighted by molar-refractivity contribution is -0.134. The number of sulfonamides is 1. The number of rotatable bonds is 4. The summed E-state index contributed by atoms with van der Waals surface area (Å²) in [6.07, 6.45) is 6.03. The molecule has 1 aromatic rings. The second-order valence-electron chi connectivity index (χ2n) is 8.05. The summed E-state index contributed by atoms with van der Waals surface area (Å²) in [5, 5.41) is 0. The van der Waals surface area contributed by atoms with Crippen LogP contribution in [0.3, 0.4) is 0 Å². The predicted octanol–water partition coefficient (Wildman–Crippen LogP) is 2.34. The summed E-state index contributed by atoms with van der Waals surface area (Å²) in [6.45, 7) is 0.742. The van der Waals surface area contributed by atoms with Gasteiger partial charge >= 0.3 is 0 Å². The van der Waals surface area contributed by atoms with Crippen LogP contribution in [-0.4, -0.2) is 49.7 Å². The second kappa shape index (κ2) is 6.40. The Kier molecular flexibility index (Phi) is 4.36. The van der Waals surface area contributed by atoms with Gasteiger partial charge in [-0.1, -0.05) is 18.2 Å². The molecule has 5 rings (SSSR count). The Morgan fingerprint density at radius 3 is 2.28 bits per heavy atom. The minimum Gasteiger partial charge on any atom is -0.338 e. The van der Waals surface area contributed by atoms with Gasteiger partial charge in [-0.05, 0) is 62.0 Å². The van der Waals surface area contributed by atoms with Crippen molar-refractivity contribution in [2.24, 2.45) is 17.8 Å². The molecule has 0 radical (unpaired) electrons.